The molecule has 0 bridgehead atoms. The Kier molecular flexibility index (Phi) is 6.17. The number of hydrogen-bond donors (Lipinski definition) is 1. The summed E-state index contributed by atoms with van der Waals surface area (Å²) >= 11 is 6.03. The molecule has 1 aliphatic carbocycles. The lowest BCUT2D eigenvalue weighted by Gasteiger charge is -2.30. The summed E-state index contributed by atoms with van der Waals surface area (Å²) in [4.78, 5) is 27.1. The molecule has 0 spiro atoms. The third-order valence-electron chi connectivity index (χ3n) is 5.38. The van der Waals surface area contributed by atoms with Crippen LogP contribution in [0, 0.1) is 18.8 Å². The van der Waals surface area contributed by atoms with Crippen LogP contribution in [-0.2, 0) is 9.59 Å². The van der Waals surface area contributed by atoms with E-state index in [4.69, 9.17) is 11.6 Å². The maximum Gasteiger partial charge on any atom is 0.229 e. The maximum absolute atomic E-state index is 12.8. The first-order valence-electron chi connectivity index (χ1n) is 9.35. The molecule has 0 unspecified atom stereocenters. The van der Waals surface area contributed by atoms with Gasteiger partial charge in [0.25, 0.3) is 0 Å². The van der Waals surface area contributed by atoms with Gasteiger partial charge in [-0.05, 0) is 62.4 Å². The van der Waals surface area contributed by atoms with Gasteiger partial charge in [-0.25, -0.2) is 0 Å². The van der Waals surface area contributed by atoms with Crippen LogP contribution in [-0.4, -0.2) is 18.9 Å². The molecular weight excluding hydrogens is 360 g/mol. The molecule has 2 aromatic carbocycles. The van der Waals surface area contributed by atoms with Gasteiger partial charge < -0.3 is 10.2 Å². The first kappa shape index (κ1) is 19.4. The van der Waals surface area contributed by atoms with Crippen LogP contribution in [0.15, 0.2) is 48.5 Å². The SMILES string of the molecule is Cc1ccc(Cl)cc1NC(=O)C1CCC(C(=O)N(C)c2ccccc2)CC1. The summed E-state index contributed by atoms with van der Waals surface area (Å²) in [5.74, 6) is 0.0649. The van der Waals surface area contributed by atoms with Crippen molar-refractivity contribution in [2.75, 3.05) is 17.3 Å². The molecule has 0 atom stereocenters. The van der Waals surface area contributed by atoms with E-state index < -0.39 is 0 Å². The van der Waals surface area contributed by atoms with E-state index in [-0.39, 0.29) is 23.7 Å². The van der Waals surface area contributed by atoms with E-state index in [1.807, 2.05) is 56.4 Å². The van der Waals surface area contributed by atoms with Crippen LogP contribution >= 0.6 is 11.6 Å². The number of hydrogen-bond acceptors (Lipinski definition) is 2. The predicted molar refractivity (Wildman–Crippen MR) is 110 cm³/mol. The van der Waals surface area contributed by atoms with Crippen molar-refractivity contribution in [1.29, 1.82) is 0 Å². The van der Waals surface area contributed by atoms with E-state index >= 15 is 0 Å². The van der Waals surface area contributed by atoms with Gasteiger partial charge >= 0.3 is 0 Å². The van der Waals surface area contributed by atoms with Crippen molar-refractivity contribution < 1.29 is 9.59 Å². The summed E-state index contributed by atoms with van der Waals surface area (Å²) in [5.41, 5.74) is 2.65. The number of amides is 2. The zero-order valence-corrected chi connectivity index (χ0v) is 16.5. The molecule has 0 heterocycles. The summed E-state index contributed by atoms with van der Waals surface area (Å²) in [6.07, 6.45) is 2.93. The van der Waals surface area contributed by atoms with Crippen LogP contribution in [0.5, 0.6) is 0 Å². The highest BCUT2D eigenvalue weighted by molar-refractivity contribution is 6.31. The summed E-state index contributed by atoms with van der Waals surface area (Å²) in [6, 6.07) is 15.1. The molecule has 1 N–H and O–H groups in total. The van der Waals surface area contributed by atoms with Crippen LogP contribution in [0.3, 0.4) is 0 Å². The van der Waals surface area contributed by atoms with Gasteiger partial charge in [0, 0.05) is 35.3 Å². The molecule has 1 aliphatic rings. The van der Waals surface area contributed by atoms with Gasteiger partial charge in [-0.15, -0.1) is 0 Å². The summed E-state index contributed by atoms with van der Waals surface area (Å²) < 4.78 is 0. The fourth-order valence-electron chi connectivity index (χ4n) is 3.62. The molecule has 1 saturated carbocycles. The number of nitrogens with zero attached hydrogens (tertiary/aromatic N) is 1. The first-order chi connectivity index (χ1) is 13.0. The average molecular weight is 385 g/mol. The van der Waals surface area contributed by atoms with Gasteiger partial charge in [0.1, 0.15) is 0 Å². The fraction of sp³-hybridized carbons (Fsp3) is 0.364. The van der Waals surface area contributed by atoms with E-state index in [1.54, 1.807) is 11.0 Å². The standard InChI is InChI=1S/C22H25ClN2O2/c1-15-8-13-18(23)14-20(15)24-21(26)16-9-11-17(12-10-16)22(27)25(2)19-6-4-3-5-7-19/h3-8,13-14,16-17H,9-12H2,1-2H3,(H,24,26). The third kappa shape index (κ3) is 4.69. The lowest BCUT2D eigenvalue weighted by molar-refractivity contribution is -0.126. The summed E-state index contributed by atoms with van der Waals surface area (Å²) in [5, 5.41) is 3.60. The van der Waals surface area contributed by atoms with Crippen molar-refractivity contribution in [2.45, 2.75) is 32.6 Å². The number of rotatable bonds is 4. The highest BCUT2D eigenvalue weighted by Gasteiger charge is 2.31. The number of nitrogens with one attached hydrogen (secondary N) is 1. The molecule has 2 aromatic rings. The fourth-order valence-corrected chi connectivity index (χ4v) is 3.79. The van der Waals surface area contributed by atoms with Gasteiger partial charge in [0.05, 0.1) is 0 Å². The van der Waals surface area contributed by atoms with Gasteiger partial charge in [0.15, 0.2) is 0 Å². The number of benzene rings is 2. The van der Waals surface area contributed by atoms with E-state index in [0.29, 0.717) is 5.02 Å². The third-order valence-corrected chi connectivity index (χ3v) is 5.61. The maximum atomic E-state index is 12.8. The second-order valence-electron chi connectivity index (χ2n) is 7.23. The Labute approximate surface area is 165 Å². The Hall–Kier alpha value is -2.33. The number of halogens is 1. The summed E-state index contributed by atoms with van der Waals surface area (Å²) in [7, 11) is 1.82. The van der Waals surface area contributed by atoms with Crippen molar-refractivity contribution in [3.63, 3.8) is 0 Å². The first-order valence-corrected chi connectivity index (χ1v) is 9.73. The van der Waals surface area contributed by atoms with Crippen molar-refractivity contribution in [3.05, 3.63) is 59.1 Å². The number of aryl methyl sites for hydroxylation is 1. The van der Waals surface area contributed by atoms with Crippen LogP contribution in [0.25, 0.3) is 0 Å². The van der Waals surface area contributed by atoms with Crippen molar-refractivity contribution in [1.82, 2.24) is 0 Å². The van der Waals surface area contributed by atoms with Crippen LogP contribution < -0.4 is 10.2 Å². The molecule has 1 fully saturated rings. The smallest absolute Gasteiger partial charge is 0.229 e. The Bertz CT molecular complexity index is 814. The van der Waals surface area contributed by atoms with Crippen molar-refractivity contribution in [2.24, 2.45) is 11.8 Å². The average Bonchev–Trinajstić information content (AvgIpc) is 2.70. The lowest BCUT2D eigenvalue weighted by Crippen LogP contribution is -2.36. The largest absolute Gasteiger partial charge is 0.326 e. The molecular formula is C22H25ClN2O2. The molecule has 0 radical (unpaired) electrons. The van der Waals surface area contributed by atoms with E-state index in [1.165, 1.54) is 0 Å². The Morgan fingerprint density at radius 1 is 1.00 bits per heavy atom. The lowest BCUT2D eigenvalue weighted by atomic mass is 9.81. The predicted octanol–water partition coefficient (Wildman–Crippen LogP) is 5.06. The van der Waals surface area contributed by atoms with E-state index in [9.17, 15) is 9.59 Å². The highest BCUT2D eigenvalue weighted by Crippen LogP contribution is 2.32. The second kappa shape index (κ2) is 8.57. The minimum absolute atomic E-state index is 0.0164. The molecule has 4 nitrogen and oxygen atoms in total. The molecule has 27 heavy (non-hydrogen) atoms. The second-order valence-corrected chi connectivity index (χ2v) is 7.67. The molecule has 0 saturated heterocycles. The van der Waals surface area contributed by atoms with Gasteiger partial charge in [-0.1, -0.05) is 35.9 Å². The number of carbonyl (C=O) groups is 2. The van der Waals surface area contributed by atoms with Crippen LogP contribution in [0.4, 0.5) is 11.4 Å². The minimum atomic E-state index is -0.0607. The van der Waals surface area contributed by atoms with E-state index in [2.05, 4.69) is 5.32 Å². The molecule has 0 aliphatic heterocycles. The topological polar surface area (TPSA) is 49.4 Å². The molecule has 142 valence electrons. The quantitative estimate of drug-likeness (QED) is 0.801. The normalized spacial score (nSPS) is 19.4. The van der Waals surface area contributed by atoms with Gasteiger partial charge in [0.2, 0.25) is 11.8 Å². The highest BCUT2D eigenvalue weighted by atomic mass is 35.5. The number of para-hydroxylation sites is 1. The summed E-state index contributed by atoms with van der Waals surface area (Å²) in [6.45, 7) is 1.95. The van der Waals surface area contributed by atoms with Crippen molar-refractivity contribution >= 4 is 34.8 Å². The Balaban J connectivity index is 1.56. The number of anilines is 2. The zero-order valence-electron chi connectivity index (χ0n) is 15.7. The van der Waals surface area contributed by atoms with Gasteiger partial charge in [-0.3, -0.25) is 9.59 Å². The minimum Gasteiger partial charge on any atom is -0.326 e. The molecule has 3 rings (SSSR count). The van der Waals surface area contributed by atoms with Crippen LogP contribution in [0.2, 0.25) is 5.02 Å². The zero-order chi connectivity index (χ0) is 19.4. The molecule has 5 heteroatoms. The van der Waals surface area contributed by atoms with Crippen molar-refractivity contribution in [3.8, 4) is 0 Å². The monoisotopic (exact) mass is 384 g/mol. The number of carbonyl (C=O) groups excluding carboxylic acids is 2. The molecule has 0 aromatic heterocycles. The Morgan fingerprint density at radius 2 is 1.63 bits per heavy atom. The van der Waals surface area contributed by atoms with Gasteiger partial charge in [-0.2, -0.15) is 0 Å². The Morgan fingerprint density at radius 3 is 2.30 bits per heavy atom. The molecule has 2 amide bonds. The van der Waals surface area contributed by atoms with Crippen LogP contribution in [0.1, 0.15) is 31.2 Å². The van der Waals surface area contributed by atoms with E-state index in [0.717, 1.165) is 42.6 Å².